The largest absolute Gasteiger partial charge is 0.481 e. The molecule has 1 N–H and O–H groups in total. The van der Waals surface area contributed by atoms with Gasteiger partial charge in [-0.2, -0.15) is 0 Å². The molecule has 98 valence electrons. The highest BCUT2D eigenvalue weighted by Crippen LogP contribution is 2.45. The lowest BCUT2D eigenvalue weighted by Gasteiger charge is -2.17. The third-order valence-electron chi connectivity index (χ3n) is 3.67. The Bertz CT molecular complexity index is 450. The van der Waals surface area contributed by atoms with Crippen LogP contribution >= 0.6 is 0 Å². The van der Waals surface area contributed by atoms with Crippen molar-refractivity contribution in [2.45, 2.75) is 44.9 Å². The van der Waals surface area contributed by atoms with Gasteiger partial charge < -0.3 is 5.11 Å². The first-order chi connectivity index (χ1) is 8.49. The Labute approximate surface area is 107 Å². The smallest absolute Gasteiger partial charge is 0.303 e. The van der Waals surface area contributed by atoms with Gasteiger partial charge in [0.15, 0.2) is 0 Å². The number of carbonyl (C=O) groups is 1. The Morgan fingerprint density at radius 1 is 1.44 bits per heavy atom. The van der Waals surface area contributed by atoms with Crippen LogP contribution in [-0.2, 0) is 4.79 Å². The van der Waals surface area contributed by atoms with Crippen LogP contribution in [0, 0.1) is 11.7 Å². The Hall–Kier alpha value is -1.38. The van der Waals surface area contributed by atoms with Gasteiger partial charge in [-0.25, -0.2) is 4.39 Å². The summed E-state index contributed by atoms with van der Waals surface area (Å²) in [6, 6.07) is 5.11. The van der Waals surface area contributed by atoms with E-state index in [4.69, 9.17) is 5.11 Å². The van der Waals surface area contributed by atoms with E-state index in [-0.39, 0.29) is 18.2 Å². The predicted octanol–water partition coefficient (Wildman–Crippen LogP) is 3.92. The summed E-state index contributed by atoms with van der Waals surface area (Å²) in [7, 11) is 0. The number of halogens is 1. The van der Waals surface area contributed by atoms with E-state index in [1.54, 1.807) is 6.07 Å². The minimum Gasteiger partial charge on any atom is -0.481 e. The fourth-order valence-electron chi connectivity index (χ4n) is 2.42. The summed E-state index contributed by atoms with van der Waals surface area (Å²) in [4.78, 5) is 10.9. The molecule has 18 heavy (non-hydrogen) atoms. The van der Waals surface area contributed by atoms with Crippen molar-refractivity contribution in [1.82, 2.24) is 0 Å². The Morgan fingerprint density at radius 2 is 2.11 bits per heavy atom. The van der Waals surface area contributed by atoms with E-state index in [2.05, 4.69) is 13.8 Å². The van der Waals surface area contributed by atoms with Gasteiger partial charge in [0.25, 0.3) is 0 Å². The lowest BCUT2D eigenvalue weighted by molar-refractivity contribution is -0.137. The number of aliphatic carboxylic acids is 1. The van der Waals surface area contributed by atoms with Crippen molar-refractivity contribution in [1.29, 1.82) is 0 Å². The molecule has 1 fully saturated rings. The standard InChI is InChI=1S/C15H19FO2/c1-9(2)11-5-6-14(16)13(7-11)12(8-15(17)18)10-3-4-10/h5-7,9-10,12H,3-4,8H2,1-2H3,(H,17,18). The Morgan fingerprint density at radius 3 is 2.61 bits per heavy atom. The number of carboxylic acids is 1. The van der Waals surface area contributed by atoms with Crippen LogP contribution < -0.4 is 0 Å². The molecule has 1 atom stereocenters. The van der Waals surface area contributed by atoms with Crippen molar-refractivity contribution in [3.05, 3.63) is 35.1 Å². The fraction of sp³-hybridized carbons (Fsp3) is 0.533. The average Bonchev–Trinajstić information content (AvgIpc) is 3.10. The zero-order valence-electron chi connectivity index (χ0n) is 10.8. The maximum Gasteiger partial charge on any atom is 0.303 e. The van der Waals surface area contributed by atoms with Gasteiger partial charge in [0, 0.05) is 5.92 Å². The molecule has 0 radical (unpaired) electrons. The zero-order valence-corrected chi connectivity index (χ0v) is 10.8. The molecule has 1 aromatic rings. The number of benzene rings is 1. The second-order valence-electron chi connectivity index (χ2n) is 5.48. The van der Waals surface area contributed by atoms with Crippen molar-refractivity contribution in [3.8, 4) is 0 Å². The van der Waals surface area contributed by atoms with Crippen molar-refractivity contribution >= 4 is 5.97 Å². The quantitative estimate of drug-likeness (QED) is 0.860. The van der Waals surface area contributed by atoms with Crippen molar-refractivity contribution < 1.29 is 14.3 Å². The summed E-state index contributed by atoms with van der Waals surface area (Å²) in [6.45, 7) is 4.11. The van der Waals surface area contributed by atoms with E-state index in [0.29, 0.717) is 17.4 Å². The summed E-state index contributed by atoms with van der Waals surface area (Å²) in [5.41, 5.74) is 1.66. The van der Waals surface area contributed by atoms with Crippen LogP contribution in [0.15, 0.2) is 18.2 Å². The molecule has 2 rings (SSSR count). The molecule has 1 saturated carbocycles. The molecule has 0 aliphatic heterocycles. The number of rotatable bonds is 5. The van der Waals surface area contributed by atoms with Crippen molar-refractivity contribution in [3.63, 3.8) is 0 Å². The summed E-state index contributed by atoms with van der Waals surface area (Å²) >= 11 is 0. The van der Waals surface area contributed by atoms with Crippen LogP contribution in [0.2, 0.25) is 0 Å². The summed E-state index contributed by atoms with van der Waals surface area (Å²) in [5, 5.41) is 8.97. The van der Waals surface area contributed by atoms with Gasteiger partial charge in [-0.15, -0.1) is 0 Å². The van der Waals surface area contributed by atoms with Crippen LogP contribution in [0.3, 0.4) is 0 Å². The first-order valence-corrected chi connectivity index (χ1v) is 6.50. The molecule has 1 aromatic carbocycles. The highest BCUT2D eigenvalue weighted by molar-refractivity contribution is 5.68. The van der Waals surface area contributed by atoms with Gasteiger partial charge in [-0.3, -0.25) is 4.79 Å². The minimum absolute atomic E-state index is 0.0309. The third kappa shape index (κ3) is 2.89. The molecule has 1 aliphatic carbocycles. The summed E-state index contributed by atoms with van der Waals surface area (Å²) in [5.74, 6) is -0.605. The average molecular weight is 250 g/mol. The van der Waals surface area contributed by atoms with Crippen LogP contribution in [0.5, 0.6) is 0 Å². The van der Waals surface area contributed by atoms with E-state index in [9.17, 15) is 9.18 Å². The van der Waals surface area contributed by atoms with E-state index < -0.39 is 5.97 Å². The van der Waals surface area contributed by atoms with Crippen LogP contribution in [0.25, 0.3) is 0 Å². The fourth-order valence-corrected chi connectivity index (χ4v) is 2.42. The maximum atomic E-state index is 13.9. The molecule has 0 aromatic heterocycles. The predicted molar refractivity (Wildman–Crippen MR) is 68.2 cm³/mol. The van der Waals surface area contributed by atoms with E-state index >= 15 is 0 Å². The Kier molecular flexibility index (Phi) is 3.69. The molecule has 0 heterocycles. The summed E-state index contributed by atoms with van der Waals surface area (Å²) < 4.78 is 13.9. The van der Waals surface area contributed by atoms with Gasteiger partial charge in [0.05, 0.1) is 6.42 Å². The van der Waals surface area contributed by atoms with Crippen LogP contribution in [0.1, 0.15) is 56.1 Å². The van der Waals surface area contributed by atoms with Gasteiger partial charge in [-0.05, 0) is 41.9 Å². The molecule has 2 nitrogen and oxygen atoms in total. The molecular formula is C15H19FO2. The van der Waals surface area contributed by atoms with Crippen molar-refractivity contribution in [2.75, 3.05) is 0 Å². The highest BCUT2D eigenvalue weighted by atomic mass is 19.1. The van der Waals surface area contributed by atoms with Crippen molar-refractivity contribution in [2.24, 2.45) is 5.92 Å². The molecule has 0 amide bonds. The molecule has 3 heteroatoms. The molecule has 0 spiro atoms. The number of carboxylic acid groups (broad SMARTS) is 1. The normalized spacial score (nSPS) is 16.9. The van der Waals surface area contributed by atoms with E-state index in [1.807, 2.05) is 6.07 Å². The molecule has 1 aliphatic rings. The molecule has 1 unspecified atom stereocenters. The minimum atomic E-state index is -0.846. The lowest BCUT2D eigenvalue weighted by atomic mass is 9.88. The van der Waals surface area contributed by atoms with E-state index in [1.165, 1.54) is 6.07 Å². The van der Waals surface area contributed by atoms with Crippen LogP contribution in [-0.4, -0.2) is 11.1 Å². The number of hydrogen-bond acceptors (Lipinski definition) is 1. The molecular weight excluding hydrogens is 231 g/mol. The van der Waals surface area contributed by atoms with E-state index in [0.717, 1.165) is 18.4 Å². The molecule has 0 saturated heterocycles. The van der Waals surface area contributed by atoms with Gasteiger partial charge in [0.1, 0.15) is 5.82 Å². The maximum absolute atomic E-state index is 13.9. The first kappa shape index (κ1) is 13.1. The molecule has 0 bridgehead atoms. The first-order valence-electron chi connectivity index (χ1n) is 6.50. The second kappa shape index (κ2) is 5.09. The topological polar surface area (TPSA) is 37.3 Å². The Balaban J connectivity index is 2.33. The number of hydrogen-bond donors (Lipinski definition) is 1. The summed E-state index contributed by atoms with van der Waals surface area (Å²) in [6.07, 6.45) is 2.07. The van der Waals surface area contributed by atoms with Crippen LogP contribution in [0.4, 0.5) is 4.39 Å². The van der Waals surface area contributed by atoms with Gasteiger partial charge in [-0.1, -0.05) is 26.0 Å². The monoisotopic (exact) mass is 250 g/mol. The zero-order chi connectivity index (χ0) is 13.3. The SMILES string of the molecule is CC(C)c1ccc(F)c(C(CC(=O)O)C2CC2)c1. The second-order valence-corrected chi connectivity index (χ2v) is 5.48. The van der Waals surface area contributed by atoms with Gasteiger partial charge in [0.2, 0.25) is 0 Å². The highest BCUT2D eigenvalue weighted by Gasteiger charge is 2.35. The van der Waals surface area contributed by atoms with Gasteiger partial charge >= 0.3 is 5.97 Å². The lowest BCUT2D eigenvalue weighted by Crippen LogP contribution is -2.10. The third-order valence-corrected chi connectivity index (χ3v) is 3.67.